The molecular formula is C29H45N5O6. The van der Waals surface area contributed by atoms with Crippen LogP contribution in [0.15, 0.2) is 30.4 Å². The van der Waals surface area contributed by atoms with Crippen molar-refractivity contribution in [1.29, 1.82) is 0 Å². The van der Waals surface area contributed by atoms with E-state index in [0.717, 1.165) is 12.1 Å². The molecule has 222 valence electrons. The van der Waals surface area contributed by atoms with Crippen molar-refractivity contribution in [1.82, 2.24) is 20.4 Å². The Labute approximate surface area is 237 Å². The third-order valence-electron chi connectivity index (χ3n) is 6.23. The molecule has 0 saturated heterocycles. The number of hydrogen-bond acceptors (Lipinski definition) is 8. The van der Waals surface area contributed by atoms with E-state index in [1.165, 1.54) is 17.1 Å². The van der Waals surface area contributed by atoms with Crippen molar-refractivity contribution in [3.05, 3.63) is 35.9 Å². The number of benzene rings is 1. The monoisotopic (exact) mass is 559 g/mol. The van der Waals surface area contributed by atoms with Crippen LogP contribution in [0, 0.1) is 5.92 Å². The molecule has 2 atom stereocenters. The molecule has 4 amide bonds. The number of carbonyl (C=O) groups is 4. The average molecular weight is 560 g/mol. The number of likely N-dealkylation sites (N-methyl/N-ethyl adjacent to an activating group) is 1. The average Bonchev–Trinajstić information content (AvgIpc) is 3.16. The number of carbonyl (C=O) groups excluding carboxylic acids is 4. The lowest BCUT2D eigenvalue weighted by atomic mass is 9.95. The second-order valence-corrected chi connectivity index (χ2v) is 11.4. The highest BCUT2D eigenvalue weighted by atomic mass is 16.6. The number of alkyl carbamates (subject to hydrolysis) is 1. The Hall–Kier alpha value is -3.60. The number of ether oxygens (including phenoxy) is 1. The maximum Gasteiger partial charge on any atom is 0.407 e. The van der Waals surface area contributed by atoms with Gasteiger partial charge in [0.15, 0.2) is 0 Å². The number of phenolic OH excluding ortho intramolecular Hbond substituents is 1. The van der Waals surface area contributed by atoms with E-state index in [1.807, 2.05) is 32.0 Å². The maximum atomic E-state index is 12.7. The minimum atomic E-state index is -0.661. The van der Waals surface area contributed by atoms with Crippen molar-refractivity contribution >= 4 is 29.5 Å². The summed E-state index contributed by atoms with van der Waals surface area (Å²) in [5.74, 6) is -0.931. The molecule has 0 aliphatic carbocycles. The van der Waals surface area contributed by atoms with Gasteiger partial charge in [0, 0.05) is 50.3 Å². The Morgan fingerprint density at radius 2 is 1.75 bits per heavy atom. The van der Waals surface area contributed by atoms with Gasteiger partial charge in [-0.05, 0) is 78.2 Å². The highest BCUT2D eigenvalue weighted by Gasteiger charge is 2.25. The van der Waals surface area contributed by atoms with Crippen LogP contribution in [0.4, 0.5) is 10.5 Å². The van der Waals surface area contributed by atoms with E-state index in [2.05, 4.69) is 16.0 Å². The van der Waals surface area contributed by atoms with Crippen molar-refractivity contribution in [3.63, 3.8) is 0 Å². The van der Waals surface area contributed by atoms with Gasteiger partial charge in [0.05, 0.1) is 5.69 Å². The lowest BCUT2D eigenvalue weighted by molar-refractivity contribution is -0.136. The molecule has 40 heavy (non-hydrogen) atoms. The quantitative estimate of drug-likeness (QED) is 0.146. The van der Waals surface area contributed by atoms with Gasteiger partial charge in [-0.1, -0.05) is 13.0 Å². The first-order chi connectivity index (χ1) is 18.7. The van der Waals surface area contributed by atoms with Gasteiger partial charge in [-0.2, -0.15) is 0 Å². The van der Waals surface area contributed by atoms with Gasteiger partial charge in [0.25, 0.3) is 11.8 Å². The Morgan fingerprint density at radius 3 is 2.38 bits per heavy atom. The predicted molar refractivity (Wildman–Crippen MR) is 154 cm³/mol. The minimum absolute atomic E-state index is 0.0842. The Bertz CT molecular complexity index is 1050. The van der Waals surface area contributed by atoms with E-state index >= 15 is 0 Å². The summed E-state index contributed by atoms with van der Waals surface area (Å²) in [7, 11) is 3.88. The van der Waals surface area contributed by atoms with Crippen LogP contribution in [0.2, 0.25) is 0 Å². The van der Waals surface area contributed by atoms with Crippen LogP contribution in [-0.4, -0.2) is 90.6 Å². The van der Waals surface area contributed by atoms with E-state index in [0.29, 0.717) is 51.0 Å². The van der Waals surface area contributed by atoms with Gasteiger partial charge >= 0.3 is 6.09 Å². The van der Waals surface area contributed by atoms with Gasteiger partial charge in [0.2, 0.25) is 5.91 Å². The van der Waals surface area contributed by atoms with Gasteiger partial charge in [0.1, 0.15) is 11.4 Å². The molecule has 0 fully saturated rings. The Kier molecular flexibility index (Phi) is 12.4. The molecule has 1 aromatic rings. The zero-order chi connectivity index (χ0) is 29.9. The molecule has 1 unspecified atom stereocenters. The van der Waals surface area contributed by atoms with Crippen molar-refractivity contribution in [2.75, 3.05) is 45.6 Å². The smallest absolute Gasteiger partial charge is 0.407 e. The molecule has 0 radical (unpaired) electrons. The Morgan fingerprint density at radius 1 is 1.07 bits per heavy atom. The maximum absolute atomic E-state index is 12.7. The first kappa shape index (κ1) is 32.6. The largest absolute Gasteiger partial charge is 0.506 e. The second-order valence-electron chi connectivity index (χ2n) is 11.4. The van der Waals surface area contributed by atoms with Gasteiger partial charge in [-0.25, -0.2) is 4.79 Å². The van der Waals surface area contributed by atoms with E-state index < -0.39 is 11.7 Å². The first-order valence-electron chi connectivity index (χ1n) is 13.8. The number of rotatable bonds is 15. The van der Waals surface area contributed by atoms with Crippen LogP contribution in [0.25, 0.3) is 0 Å². The highest BCUT2D eigenvalue weighted by molar-refractivity contribution is 6.12. The normalized spacial score (nSPS) is 14.8. The third kappa shape index (κ3) is 11.6. The summed E-state index contributed by atoms with van der Waals surface area (Å²) in [6.07, 6.45) is 4.13. The summed E-state index contributed by atoms with van der Waals surface area (Å²) in [4.78, 5) is 51.8. The van der Waals surface area contributed by atoms with E-state index in [4.69, 9.17) is 4.74 Å². The van der Waals surface area contributed by atoms with Gasteiger partial charge in [-0.3, -0.25) is 19.3 Å². The molecule has 0 bridgehead atoms. The molecule has 1 aliphatic heterocycles. The molecule has 4 N–H and O–H groups in total. The molecule has 0 aromatic heterocycles. The molecule has 1 heterocycles. The first-order valence-corrected chi connectivity index (χ1v) is 13.8. The van der Waals surface area contributed by atoms with Crippen molar-refractivity contribution in [2.45, 2.75) is 65.0 Å². The number of imide groups is 1. The summed E-state index contributed by atoms with van der Waals surface area (Å²) >= 11 is 0. The fourth-order valence-electron chi connectivity index (χ4n) is 4.18. The molecule has 0 saturated carbocycles. The number of anilines is 1. The molecule has 11 nitrogen and oxygen atoms in total. The van der Waals surface area contributed by atoms with Gasteiger partial charge in [-0.15, -0.1) is 0 Å². The lowest BCUT2D eigenvalue weighted by Gasteiger charge is -2.25. The zero-order valence-electron chi connectivity index (χ0n) is 24.6. The summed E-state index contributed by atoms with van der Waals surface area (Å²) in [5, 5.41) is 19.4. The van der Waals surface area contributed by atoms with Crippen LogP contribution >= 0.6 is 0 Å². The lowest BCUT2D eigenvalue weighted by Crippen LogP contribution is -2.43. The molecule has 11 heteroatoms. The van der Waals surface area contributed by atoms with Crippen LogP contribution in [0.3, 0.4) is 0 Å². The van der Waals surface area contributed by atoms with Crippen LogP contribution in [0.5, 0.6) is 5.75 Å². The molecule has 2 rings (SSSR count). The summed E-state index contributed by atoms with van der Waals surface area (Å²) < 4.78 is 5.45. The molecule has 0 spiro atoms. The number of nitrogens with one attached hydrogen (secondary N) is 3. The molecular weight excluding hydrogens is 514 g/mol. The van der Waals surface area contributed by atoms with Gasteiger partial charge < -0.3 is 30.7 Å². The van der Waals surface area contributed by atoms with Crippen molar-refractivity contribution in [3.8, 4) is 5.75 Å². The molecule has 1 aromatic carbocycles. The van der Waals surface area contributed by atoms with E-state index in [-0.39, 0.29) is 35.4 Å². The standard InChI is InChI=1S/C29H45N5O6/c1-20(27(38)31-14-16-33(5)6)17-22(32-28(39)40-29(2,3)4)18-21-9-10-24(35)23(19-21)30-13-7-8-15-34-25(36)11-12-26(34)37/h9-12,19-20,22,30,35H,7-8,13-18H2,1-6H3,(H,31,38)(H,32,39)/t20?,22-/m1/s1. The minimum Gasteiger partial charge on any atom is -0.506 e. The number of unbranched alkanes of at least 4 members (excludes halogenated alkanes) is 1. The summed E-state index contributed by atoms with van der Waals surface area (Å²) in [5.41, 5.74) is 0.740. The predicted octanol–water partition coefficient (Wildman–Crippen LogP) is 2.65. The SMILES string of the molecule is CC(C[C@H](Cc1ccc(O)c(NCCCCN2C(=O)C=CC2=O)c1)NC(=O)OC(C)(C)C)C(=O)NCCN(C)C. The van der Waals surface area contributed by atoms with Crippen LogP contribution < -0.4 is 16.0 Å². The van der Waals surface area contributed by atoms with Crippen LogP contribution in [-0.2, 0) is 25.5 Å². The third-order valence-corrected chi connectivity index (χ3v) is 6.23. The fourth-order valence-corrected chi connectivity index (χ4v) is 4.18. The number of hydrogen-bond donors (Lipinski definition) is 4. The number of phenols is 1. The highest BCUT2D eigenvalue weighted by Crippen LogP contribution is 2.26. The van der Waals surface area contributed by atoms with Crippen molar-refractivity contribution < 1.29 is 29.0 Å². The zero-order valence-corrected chi connectivity index (χ0v) is 24.6. The number of amides is 4. The Balaban J connectivity index is 1.99. The summed E-state index contributed by atoms with van der Waals surface area (Å²) in [6, 6.07) is 4.81. The van der Waals surface area contributed by atoms with E-state index in [9.17, 15) is 24.3 Å². The van der Waals surface area contributed by atoms with E-state index in [1.54, 1.807) is 32.9 Å². The molecule has 1 aliphatic rings. The summed E-state index contributed by atoms with van der Waals surface area (Å²) in [6.45, 7) is 9.34. The number of nitrogens with zero attached hydrogens (tertiary/aromatic N) is 2. The second kappa shape index (κ2) is 15.3. The number of aromatic hydroxyl groups is 1. The van der Waals surface area contributed by atoms with Crippen LogP contribution in [0.1, 0.15) is 52.5 Å². The topological polar surface area (TPSA) is 140 Å². The van der Waals surface area contributed by atoms with Crippen molar-refractivity contribution in [2.24, 2.45) is 5.92 Å². The fraction of sp³-hybridized carbons (Fsp3) is 0.586.